The lowest BCUT2D eigenvalue weighted by atomic mass is 10.2. The fraction of sp³-hybridized carbons (Fsp3) is 0. The maximum Gasteiger partial charge on any atom is 0.194 e. The lowest BCUT2D eigenvalue weighted by Gasteiger charge is -2.00. The highest BCUT2D eigenvalue weighted by molar-refractivity contribution is 5.54. The van der Waals surface area contributed by atoms with Gasteiger partial charge < -0.3 is 0 Å². The molecule has 0 amide bonds. The number of benzene rings is 1. The minimum absolute atomic E-state index is 0.0637. The van der Waals surface area contributed by atoms with Gasteiger partial charge in [0.2, 0.25) is 0 Å². The lowest BCUT2D eigenvalue weighted by Crippen LogP contribution is -1.95. The Labute approximate surface area is 82.6 Å². The summed E-state index contributed by atoms with van der Waals surface area (Å²) in [5, 5.41) is 0. The van der Waals surface area contributed by atoms with E-state index in [4.69, 9.17) is 0 Å². The Balaban J connectivity index is 2.56. The van der Waals surface area contributed by atoms with Gasteiger partial charge in [-0.3, -0.25) is 0 Å². The van der Waals surface area contributed by atoms with Gasteiger partial charge >= 0.3 is 0 Å². The highest BCUT2D eigenvalue weighted by atomic mass is 19.2. The first-order chi connectivity index (χ1) is 7.18. The molecular formula is C9H4F3N3. The zero-order chi connectivity index (χ0) is 10.8. The van der Waals surface area contributed by atoms with Gasteiger partial charge in [0.25, 0.3) is 0 Å². The van der Waals surface area contributed by atoms with E-state index in [2.05, 4.69) is 15.0 Å². The van der Waals surface area contributed by atoms with Crippen LogP contribution in [0.1, 0.15) is 0 Å². The Bertz CT molecular complexity index is 464. The SMILES string of the molecule is Fc1cc(-c2ncncn2)cc(F)c1F. The Hall–Kier alpha value is -1.98. The predicted molar refractivity (Wildman–Crippen MR) is 45.1 cm³/mol. The van der Waals surface area contributed by atoms with Crippen molar-refractivity contribution in [2.45, 2.75) is 0 Å². The van der Waals surface area contributed by atoms with Gasteiger partial charge in [0.15, 0.2) is 23.3 Å². The number of rotatable bonds is 1. The maximum atomic E-state index is 12.8. The molecule has 1 aromatic heterocycles. The van der Waals surface area contributed by atoms with Crippen molar-refractivity contribution < 1.29 is 13.2 Å². The van der Waals surface area contributed by atoms with E-state index < -0.39 is 17.5 Å². The van der Waals surface area contributed by atoms with E-state index in [1.165, 1.54) is 12.7 Å². The zero-order valence-corrected chi connectivity index (χ0v) is 7.28. The van der Waals surface area contributed by atoms with E-state index >= 15 is 0 Å². The molecule has 0 unspecified atom stereocenters. The smallest absolute Gasteiger partial charge is 0.194 e. The molecule has 0 N–H and O–H groups in total. The Kier molecular flexibility index (Phi) is 2.32. The fourth-order valence-electron chi connectivity index (χ4n) is 1.07. The van der Waals surface area contributed by atoms with Crippen LogP contribution in [-0.2, 0) is 0 Å². The van der Waals surface area contributed by atoms with Crippen LogP contribution in [0.4, 0.5) is 13.2 Å². The molecule has 0 saturated carbocycles. The Morgan fingerprint density at radius 2 is 1.40 bits per heavy atom. The van der Waals surface area contributed by atoms with Crippen LogP contribution in [0.2, 0.25) is 0 Å². The van der Waals surface area contributed by atoms with Crippen LogP contribution < -0.4 is 0 Å². The van der Waals surface area contributed by atoms with Gasteiger partial charge in [0.1, 0.15) is 12.7 Å². The standard InChI is InChI=1S/C9H4F3N3/c10-6-1-5(2-7(11)8(6)12)9-14-3-13-4-15-9/h1-4H. The summed E-state index contributed by atoms with van der Waals surface area (Å²) >= 11 is 0. The van der Waals surface area contributed by atoms with Crippen LogP contribution in [0.25, 0.3) is 11.4 Å². The average molecular weight is 211 g/mol. The fourth-order valence-corrected chi connectivity index (χ4v) is 1.07. The van der Waals surface area contributed by atoms with Crippen LogP contribution in [0.5, 0.6) is 0 Å². The maximum absolute atomic E-state index is 12.8. The minimum atomic E-state index is -1.51. The molecule has 0 aliphatic rings. The molecule has 0 atom stereocenters. The van der Waals surface area contributed by atoms with Gasteiger partial charge in [-0.1, -0.05) is 0 Å². The third-order valence-electron chi connectivity index (χ3n) is 1.74. The minimum Gasteiger partial charge on any atom is -0.225 e. The highest BCUT2D eigenvalue weighted by Crippen LogP contribution is 2.19. The summed E-state index contributed by atoms with van der Waals surface area (Å²) < 4.78 is 38.3. The van der Waals surface area contributed by atoms with Crippen LogP contribution in [0, 0.1) is 17.5 Å². The molecule has 2 rings (SSSR count). The molecule has 3 nitrogen and oxygen atoms in total. The van der Waals surface area contributed by atoms with E-state index in [1.807, 2.05) is 0 Å². The molecule has 2 aromatic rings. The lowest BCUT2D eigenvalue weighted by molar-refractivity contribution is 0.447. The van der Waals surface area contributed by atoms with E-state index in [-0.39, 0.29) is 11.4 Å². The first kappa shape index (κ1) is 9.57. The number of nitrogens with zero attached hydrogens (tertiary/aromatic N) is 3. The highest BCUT2D eigenvalue weighted by Gasteiger charge is 2.12. The molecule has 0 aliphatic carbocycles. The molecule has 1 aromatic carbocycles. The van der Waals surface area contributed by atoms with Crippen molar-refractivity contribution in [3.8, 4) is 11.4 Å². The van der Waals surface area contributed by atoms with E-state index in [9.17, 15) is 13.2 Å². The summed E-state index contributed by atoms with van der Waals surface area (Å²) in [6, 6.07) is 1.65. The van der Waals surface area contributed by atoms with E-state index in [1.54, 1.807) is 0 Å². The van der Waals surface area contributed by atoms with Crippen LogP contribution >= 0.6 is 0 Å². The number of hydrogen-bond donors (Lipinski definition) is 0. The third-order valence-corrected chi connectivity index (χ3v) is 1.74. The quantitative estimate of drug-likeness (QED) is 0.677. The van der Waals surface area contributed by atoms with Crippen molar-refractivity contribution in [2.75, 3.05) is 0 Å². The molecule has 0 radical (unpaired) electrons. The van der Waals surface area contributed by atoms with Gasteiger partial charge in [-0.25, -0.2) is 28.1 Å². The molecule has 0 aliphatic heterocycles. The van der Waals surface area contributed by atoms with E-state index in [0.29, 0.717) is 0 Å². The van der Waals surface area contributed by atoms with Crippen molar-refractivity contribution in [3.63, 3.8) is 0 Å². The number of hydrogen-bond acceptors (Lipinski definition) is 3. The molecule has 0 saturated heterocycles. The predicted octanol–water partition coefficient (Wildman–Crippen LogP) is 1.96. The number of aromatic nitrogens is 3. The first-order valence-corrected chi connectivity index (χ1v) is 3.95. The third kappa shape index (κ3) is 1.78. The van der Waals surface area contributed by atoms with Crippen molar-refractivity contribution in [3.05, 3.63) is 42.2 Å². The van der Waals surface area contributed by atoms with Gasteiger partial charge in [0.05, 0.1) is 0 Å². The molecular weight excluding hydrogens is 207 g/mol. The summed E-state index contributed by atoms with van der Waals surface area (Å²) in [5.74, 6) is -3.97. The molecule has 0 fully saturated rings. The van der Waals surface area contributed by atoms with Crippen molar-refractivity contribution >= 4 is 0 Å². The second-order valence-corrected chi connectivity index (χ2v) is 2.72. The Morgan fingerprint density at radius 1 is 0.867 bits per heavy atom. The summed E-state index contributed by atoms with van der Waals surface area (Å²) in [6.45, 7) is 0. The molecule has 1 heterocycles. The van der Waals surface area contributed by atoms with Crippen LogP contribution in [0.15, 0.2) is 24.8 Å². The molecule has 6 heteroatoms. The second-order valence-electron chi connectivity index (χ2n) is 2.72. The molecule has 15 heavy (non-hydrogen) atoms. The van der Waals surface area contributed by atoms with Crippen molar-refractivity contribution in [2.24, 2.45) is 0 Å². The van der Waals surface area contributed by atoms with Crippen molar-refractivity contribution in [1.29, 1.82) is 0 Å². The normalized spacial score (nSPS) is 10.3. The molecule has 76 valence electrons. The molecule has 0 spiro atoms. The van der Waals surface area contributed by atoms with Gasteiger partial charge in [0, 0.05) is 5.56 Å². The largest absolute Gasteiger partial charge is 0.225 e. The average Bonchev–Trinajstić information content (AvgIpc) is 2.26. The summed E-state index contributed by atoms with van der Waals surface area (Å²) in [5.41, 5.74) is 0.0637. The van der Waals surface area contributed by atoms with E-state index in [0.717, 1.165) is 12.1 Å². The summed E-state index contributed by atoms with van der Waals surface area (Å²) in [4.78, 5) is 10.9. The van der Waals surface area contributed by atoms with Gasteiger partial charge in [-0.05, 0) is 12.1 Å². The topological polar surface area (TPSA) is 38.7 Å². The molecule has 0 bridgehead atoms. The monoisotopic (exact) mass is 211 g/mol. The summed E-state index contributed by atoms with van der Waals surface area (Å²) in [6.07, 6.45) is 2.36. The van der Waals surface area contributed by atoms with Gasteiger partial charge in [-0.15, -0.1) is 0 Å². The van der Waals surface area contributed by atoms with Crippen LogP contribution in [0.3, 0.4) is 0 Å². The second kappa shape index (κ2) is 3.64. The zero-order valence-electron chi connectivity index (χ0n) is 7.28. The van der Waals surface area contributed by atoms with Gasteiger partial charge in [-0.2, -0.15) is 0 Å². The van der Waals surface area contributed by atoms with Crippen LogP contribution in [-0.4, -0.2) is 15.0 Å². The van der Waals surface area contributed by atoms with Crippen molar-refractivity contribution in [1.82, 2.24) is 15.0 Å². The summed E-state index contributed by atoms with van der Waals surface area (Å²) in [7, 11) is 0. The number of halogens is 3. The first-order valence-electron chi connectivity index (χ1n) is 3.95. The Morgan fingerprint density at radius 3 is 1.93 bits per heavy atom.